The summed E-state index contributed by atoms with van der Waals surface area (Å²) in [5.41, 5.74) is -4.64. The van der Waals surface area contributed by atoms with E-state index >= 15 is 0 Å². The molecule has 10 heteroatoms. The van der Waals surface area contributed by atoms with Crippen molar-refractivity contribution in [2.24, 2.45) is 0 Å². The Morgan fingerprint density at radius 2 is 1.82 bits per heavy atom. The van der Waals surface area contributed by atoms with Crippen molar-refractivity contribution < 1.29 is 42.4 Å². The third-order valence-electron chi connectivity index (χ3n) is 1.82. The Kier molecular flexibility index (Phi) is 3.79. The van der Waals surface area contributed by atoms with Crippen LogP contribution in [0.1, 0.15) is 12.8 Å². The highest BCUT2D eigenvalue weighted by Crippen LogP contribution is 2.30. The molecule has 0 aromatic heterocycles. The summed E-state index contributed by atoms with van der Waals surface area (Å²) in [6.07, 6.45) is -0.649. The van der Waals surface area contributed by atoms with E-state index in [1.807, 2.05) is 0 Å². The summed E-state index contributed by atoms with van der Waals surface area (Å²) in [5, 5.41) is 9.33. The van der Waals surface area contributed by atoms with E-state index in [1.54, 1.807) is 0 Å². The molecular formula is C7H7F3NO5S+. The summed E-state index contributed by atoms with van der Waals surface area (Å²) in [7, 11) is 0. The molecule has 1 aliphatic rings. The molecule has 96 valence electrons. The highest BCUT2D eigenvalue weighted by Gasteiger charge is 2.55. The van der Waals surface area contributed by atoms with Crippen LogP contribution < -0.4 is 0 Å². The van der Waals surface area contributed by atoms with Gasteiger partial charge in [-0.3, -0.25) is 0 Å². The second kappa shape index (κ2) is 4.63. The van der Waals surface area contributed by atoms with Gasteiger partial charge in [0.25, 0.3) is 0 Å². The Labute approximate surface area is 96.8 Å². The lowest BCUT2D eigenvalue weighted by Crippen LogP contribution is -2.50. The molecule has 1 heterocycles. The summed E-state index contributed by atoms with van der Waals surface area (Å²) in [5.74, 6) is -4.82. The van der Waals surface area contributed by atoms with E-state index in [4.69, 9.17) is 0 Å². The lowest BCUT2D eigenvalue weighted by molar-refractivity contribution is -1.12. The van der Waals surface area contributed by atoms with Gasteiger partial charge in [-0.25, -0.2) is 19.2 Å². The number of quaternary nitrogens is 1. The Hall–Kier alpha value is -1.13. The van der Waals surface area contributed by atoms with E-state index < -0.39 is 45.6 Å². The fourth-order valence-corrected chi connectivity index (χ4v) is 1.41. The number of alkyl halides is 3. The number of rotatable bonds is 3. The van der Waals surface area contributed by atoms with Crippen molar-refractivity contribution in [1.82, 2.24) is 0 Å². The number of nitrogens with zero attached hydrogens (tertiary/aromatic N) is 1. The van der Waals surface area contributed by atoms with E-state index in [0.717, 1.165) is 0 Å². The van der Waals surface area contributed by atoms with E-state index in [2.05, 4.69) is 4.84 Å². The first-order chi connectivity index (χ1) is 7.65. The summed E-state index contributed by atoms with van der Waals surface area (Å²) >= 11 is -0.692. The molecular weight excluding hydrogens is 267 g/mol. The predicted octanol–water partition coefficient (Wildman–Crippen LogP) is 0.751. The van der Waals surface area contributed by atoms with E-state index in [1.165, 1.54) is 0 Å². The molecule has 0 unspecified atom stereocenters. The number of thioether (sulfide) groups is 1. The zero-order chi connectivity index (χ0) is 13.3. The Bertz CT molecular complexity index is 353. The van der Waals surface area contributed by atoms with Gasteiger partial charge in [-0.15, -0.1) is 0 Å². The number of amides is 2. The van der Waals surface area contributed by atoms with Crippen molar-refractivity contribution >= 4 is 29.5 Å². The number of hydrogen-bond donors (Lipinski definition) is 1. The second-order valence-electron chi connectivity index (χ2n) is 3.06. The molecule has 0 saturated carbocycles. The van der Waals surface area contributed by atoms with E-state index in [0.29, 0.717) is 0 Å². The van der Waals surface area contributed by atoms with Crippen LogP contribution in [-0.4, -0.2) is 39.1 Å². The summed E-state index contributed by atoms with van der Waals surface area (Å²) in [4.78, 5) is 34.9. The second-order valence-corrected chi connectivity index (χ2v) is 4.10. The van der Waals surface area contributed by atoms with Crippen molar-refractivity contribution in [2.75, 3.05) is 5.75 Å². The van der Waals surface area contributed by atoms with Gasteiger partial charge >= 0.3 is 23.3 Å². The highest BCUT2D eigenvalue weighted by molar-refractivity contribution is 8.00. The smallest absolute Gasteiger partial charge is 0.244 e. The van der Waals surface area contributed by atoms with Gasteiger partial charge in [0.05, 0.1) is 12.8 Å². The minimum Gasteiger partial charge on any atom is -0.244 e. The van der Waals surface area contributed by atoms with Gasteiger partial charge in [0.1, 0.15) is 10.6 Å². The third kappa shape index (κ3) is 3.41. The van der Waals surface area contributed by atoms with Crippen LogP contribution in [0.15, 0.2) is 0 Å². The van der Waals surface area contributed by atoms with Crippen LogP contribution >= 0.6 is 11.8 Å². The van der Waals surface area contributed by atoms with Crippen LogP contribution in [-0.2, 0) is 19.2 Å². The molecule has 0 atom stereocenters. The predicted molar refractivity (Wildman–Crippen MR) is 45.9 cm³/mol. The molecule has 17 heavy (non-hydrogen) atoms. The lowest BCUT2D eigenvalue weighted by atomic mass is 10.4. The maximum atomic E-state index is 11.7. The van der Waals surface area contributed by atoms with Crippen molar-refractivity contribution in [3.8, 4) is 0 Å². The monoisotopic (exact) mass is 274 g/mol. The highest BCUT2D eigenvalue weighted by atomic mass is 32.2. The molecule has 1 rings (SSSR count). The molecule has 1 N–H and O–H groups in total. The van der Waals surface area contributed by atoms with Gasteiger partial charge in [0, 0.05) is 0 Å². The average molecular weight is 274 g/mol. The topological polar surface area (TPSA) is 80.7 Å². The quantitative estimate of drug-likeness (QED) is 0.464. The van der Waals surface area contributed by atoms with Crippen LogP contribution in [0.3, 0.4) is 0 Å². The minimum atomic E-state index is -4.64. The molecule has 0 aromatic rings. The van der Waals surface area contributed by atoms with Crippen molar-refractivity contribution in [3.05, 3.63) is 0 Å². The lowest BCUT2D eigenvalue weighted by Gasteiger charge is -2.15. The number of imide groups is 1. The zero-order valence-corrected chi connectivity index (χ0v) is 9.01. The summed E-state index contributed by atoms with van der Waals surface area (Å²) in [6, 6.07) is 0. The molecule has 1 saturated heterocycles. The molecule has 0 aliphatic carbocycles. The Balaban J connectivity index is 2.57. The first-order valence-electron chi connectivity index (χ1n) is 4.27. The van der Waals surface area contributed by atoms with Crippen molar-refractivity contribution in [3.63, 3.8) is 0 Å². The molecule has 1 fully saturated rings. The molecule has 0 spiro atoms. The van der Waals surface area contributed by atoms with E-state index in [9.17, 15) is 32.8 Å². The van der Waals surface area contributed by atoms with Crippen LogP contribution in [0.4, 0.5) is 13.2 Å². The average Bonchev–Trinajstić information content (AvgIpc) is 2.42. The van der Waals surface area contributed by atoms with Gasteiger partial charge in [-0.1, -0.05) is 0 Å². The molecule has 2 amide bonds. The van der Waals surface area contributed by atoms with Crippen LogP contribution in [0.25, 0.3) is 0 Å². The van der Waals surface area contributed by atoms with Gasteiger partial charge in [0.15, 0.2) is 0 Å². The number of hydrogen-bond acceptors (Lipinski definition) is 6. The minimum absolute atomic E-state index is 0.324. The van der Waals surface area contributed by atoms with Crippen LogP contribution in [0.5, 0.6) is 0 Å². The maximum absolute atomic E-state index is 11.7. The number of hydroxylamine groups is 4. The maximum Gasteiger partial charge on any atom is 0.442 e. The standard InChI is InChI=1S/C7H7F3NO5S/c8-7(9,10)17-3-6(14)16-11(15)4(12)1-2-5(11)13/h15H,1-3H2/q+1. The fourth-order valence-electron chi connectivity index (χ4n) is 1.07. The van der Waals surface area contributed by atoms with Crippen LogP contribution in [0, 0.1) is 0 Å². The number of carbonyl (C=O) groups excluding carboxylic acids is 3. The van der Waals surface area contributed by atoms with Gasteiger partial charge in [0.2, 0.25) is 0 Å². The molecule has 6 nitrogen and oxygen atoms in total. The molecule has 1 aliphatic heterocycles. The fraction of sp³-hybridized carbons (Fsp3) is 0.571. The summed E-state index contributed by atoms with van der Waals surface area (Å²) < 4.78 is 35.2. The number of halogens is 3. The summed E-state index contributed by atoms with van der Waals surface area (Å²) in [6.45, 7) is 0. The SMILES string of the molecule is O=C(CSC(F)(F)F)O[N+]1(O)C(=O)CCC1=O. The Morgan fingerprint density at radius 1 is 1.35 bits per heavy atom. The molecule has 0 aromatic carbocycles. The van der Waals surface area contributed by atoms with E-state index in [-0.39, 0.29) is 12.8 Å². The largest absolute Gasteiger partial charge is 0.442 e. The molecule has 0 bridgehead atoms. The van der Waals surface area contributed by atoms with Crippen LogP contribution in [0.2, 0.25) is 0 Å². The third-order valence-corrected chi connectivity index (χ3v) is 2.52. The Morgan fingerprint density at radius 3 is 2.24 bits per heavy atom. The first kappa shape index (κ1) is 13.9. The first-order valence-corrected chi connectivity index (χ1v) is 5.25. The zero-order valence-electron chi connectivity index (χ0n) is 8.19. The van der Waals surface area contributed by atoms with Gasteiger partial charge < -0.3 is 0 Å². The van der Waals surface area contributed by atoms with Gasteiger partial charge in [-0.05, 0) is 11.8 Å². The number of carbonyl (C=O) groups is 3. The molecule has 0 radical (unpaired) electrons. The normalized spacial score (nSPS) is 19.5. The van der Waals surface area contributed by atoms with Gasteiger partial charge in [-0.2, -0.15) is 18.4 Å². The van der Waals surface area contributed by atoms with Crippen molar-refractivity contribution in [1.29, 1.82) is 0 Å². The van der Waals surface area contributed by atoms with Crippen molar-refractivity contribution in [2.45, 2.75) is 18.3 Å².